The van der Waals surface area contributed by atoms with Crippen LogP contribution in [0, 0.1) is 5.92 Å². The van der Waals surface area contributed by atoms with Crippen molar-refractivity contribution in [3.63, 3.8) is 0 Å². The lowest BCUT2D eigenvalue weighted by atomic mass is 9.93. The van der Waals surface area contributed by atoms with Gasteiger partial charge in [-0.05, 0) is 31.6 Å². The fourth-order valence-electron chi connectivity index (χ4n) is 2.12. The predicted octanol–water partition coefficient (Wildman–Crippen LogP) is 0.619. The van der Waals surface area contributed by atoms with Gasteiger partial charge in [0.05, 0.1) is 11.9 Å². The van der Waals surface area contributed by atoms with E-state index in [-0.39, 0.29) is 11.8 Å². The second kappa shape index (κ2) is 4.39. The first-order chi connectivity index (χ1) is 7.07. The third kappa shape index (κ3) is 3.43. The number of aliphatic hydroxyl groups excluding tert-OH is 1. The van der Waals surface area contributed by atoms with Crippen LogP contribution in [0.5, 0.6) is 0 Å². The molecular formula is C10H19NO3S. The van der Waals surface area contributed by atoms with E-state index in [4.69, 9.17) is 0 Å². The maximum atomic E-state index is 11.7. The summed E-state index contributed by atoms with van der Waals surface area (Å²) in [7, 11) is -3.16. The largest absolute Gasteiger partial charge is 0.391 e. The topological polar surface area (TPSA) is 66.4 Å². The molecule has 2 saturated carbocycles. The lowest BCUT2D eigenvalue weighted by Gasteiger charge is -2.28. The summed E-state index contributed by atoms with van der Waals surface area (Å²) in [6, 6.07) is -0.248. The van der Waals surface area contributed by atoms with Crippen LogP contribution in [0.1, 0.15) is 38.5 Å². The first-order valence-electron chi connectivity index (χ1n) is 5.75. The van der Waals surface area contributed by atoms with E-state index in [9.17, 15) is 13.5 Å². The Morgan fingerprint density at radius 3 is 2.40 bits per heavy atom. The molecule has 2 atom stereocenters. The predicted molar refractivity (Wildman–Crippen MR) is 57.9 cm³/mol. The van der Waals surface area contributed by atoms with Crippen LogP contribution >= 0.6 is 0 Å². The molecule has 2 rings (SSSR count). The Morgan fingerprint density at radius 2 is 1.80 bits per heavy atom. The zero-order valence-electron chi connectivity index (χ0n) is 8.85. The Kier molecular flexibility index (Phi) is 3.33. The van der Waals surface area contributed by atoms with Gasteiger partial charge in [0.2, 0.25) is 10.0 Å². The SMILES string of the molecule is O=S(=O)(CC1CC1)NC1CCCCC1O. The molecule has 0 saturated heterocycles. The molecule has 0 aromatic heterocycles. The highest BCUT2D eigenvalue weighted by atomic mass is 32.2. The van der Waals surface area contributed by atoms with Gasteiger partial charge >= 0.3 is 0 Å². The van der Waals surface area contributed by atoms with Gasteiger partial charge in [-0.25, -0.2) is 13.1 Å². The Balaban J connectivity index is 1.88. The number of nitrogens with one attached hydrogen (secondary N) is 1. The van der Waals surface area contributed by atoms with Crippen molar-refractivity contribution >= 4 is 10.0 Å². The molecule has 5 heteroatoms. The molecule has 2 unspecified atom stereocenters. The molecule has 88 valence electrons. The van der Waals surface area contributed by atoms with Gasteiger partial charge in [-0.15, -0.1) is 0 Å². The average molecular weight is 233 g/mol. The van der Waals surface area contributed by atoms with E-state index in [1.807, 2.05) is 0 Å². The van der Waals surface area contributed by atoms with Crippen molar-refractivity contribution in [2.24, 2.45) is 5.92 Å². The van der Waals surface area contributed by atoms with Gasteiger partial charge < -0.3 is 5.11 Å². The number of hydrogen-bond acceptors (Lipinski definition) is 3. The van der Waals surface area contributed by atoms with Crippen molar-refractivity contribution in [2.75, 3.05) is 5.75 Å². The first kappa shape index (κ1) is 11.4. The number of hydrogen-bond donors (Lipinski definition) is 2. The van der Waals surface area contributed by atoms with E-state index in [1.165, 1.54) is 0 Å². The third-order valence-corrected chi connectivity index (χ3v) is 4.78. The molecule has 0 bridgehead atoms. The highest BCUT2D eigenvalue weighted by molar-refractivity contribution is 7.89. The summed E-state index contributed by atoms with van der Waals surface area (Å²) in [5, 5.41) is 9.66. The number of aliphatic hydroxyl groups is 1. The maximum absolute atomic E-state index is 11.7. The first-order valence-corrected chi connectivity index (χ1v) is 7.40. The molecule has 15 heavy (non-hydrogen) atoms. The molecule has 0 aliphatic heterocycles. The molecule has 4 nitrogen and oxygen atoms in total. The minimum absolute atomic E-state index is 0.246. The van der Waals surface area contributed by atoms with Crippen LogP contribution in [0.4, 0.5) is 0 Å². The zero-order chi connectivity index (χ0) is 10.9. The number of rotatable bonds is 4. The van der Waals surface area contributed by atoms with Crippen molar-refractivity contribution in [3.05, 3.63) is 0 Å². The van der Waals surface area contributed by atoms with Crippen molar-refractivity contribution in [1.82, 2.24) is 4.72 Å². The van der Waals surface area contributed by atoms with Crippen LogP contribution < -0.4 is 4.72 Å². The molecule has 0 aromatic carbocycles. The smallest absolute Gasteiger partial charge is 0.212 e. The average Bonchev–Trinajstić information content (AvgIpc) is 2.91. The minimum atomic E-state index is -3.16. The lowest BCUT2D eigenvalue weighted by Crippen LogP contribution is -2.45. The molecule has 2 fully saturated rings. The molecule has 0 aromatic rings. The summed E-state index contributed by atoms with van der Waals surface area (Å²) in [6.07, 6.45) is 5.08. The monoisotopic (exact) mass is 233 g/mol. The van der Waals surface area contributed by atoms with Gasteiger partial charge in [-0.3, -0.25) is 0 Å². The lowest BCUT2D eigenvalue weighted by molar-refractivity contribution is 0.101. The summed E-state index contributed by atoms with van der Waals surface area (Å²) in [5.74, 6) is 0.610. The van der Waals surface area contributed by atoms with E-state index in [1.54, 1.807) is 0 Å². The summed E-state index contributed by atoms with van der Waals surface area (Å²) < 4.78 is 26.0. The standard InChI is InChI=1S/C10H19NO3S/c12-10-4-2-1-3-9(10)11-15(13,14)7-8-5-6-8/h8-12H,1-7H2. The van der Waals surface area contributed by atoms with Crippen LogP contribution in [-0.4, -0.2) is 31.4 Å². The molecule has 2 N–H and O–H groups in total. The van der Waals surface area contributed by atoms with Gasteiger partial charge in [0.1, 0.15) is 0 Å². The Hall–Kier alpha value is -0.130. The van der Waals surface area contributed by atoms with E-state index in [0.717, 1.165) is 38.5 Å². The molecule has 0 spiro atoms. The normalized spacial score (nSPS) is 32.9. The van der Waals surface area contributed by atoms with Gasteiger partial charge in [0.15, 0.2) is 0 Å². The summed E-state index contributed by atoms with van der Waals surface area (Å²) >= 11 is 0. The van der Waals surface area contributed by atoms with Gasteiger partial charge in [0.25, 0.3) is 0 Å². The van der Waals surface area contributed by atoms with Gasteiger partial charge in [0, 0.05) is 6.04 Å². The van der Waals surface area contributed by atoms with E-state index >= 15 is 0 Å². The van der Waals surface area contributed by atoms with Crippen molar-refractivity contribution in [3.8, 4) is 0 Å². The van der Waals surface area contributed by atoms with E-state index in [2.05, 4.69) is 4.72 Å². The summed E-state index contributed by atoms with van der Waals surface area (Å²) in [5.41, 5.74) is 0. The Morgan fingerprint density at radius 1 is 1.13 bits per heavy atom. The Bertz CT molecular complexity index is 311. The van der Waals surface area contributed by atoms with Crippen LogP contribution in [0.25, 0.3) is 0 Å². The fourth-order valence-corrected chi connectivity index (χ4v) is 3.91. The van der Waals surface area contributed by atoms with Gasteiger partial charge in [-0.2, -0.15) is 0 Å². The second-order valence-corrected chi connectivity index (χ2v) is 6.60. The highest BCUT2D eigenvalue weighted by Crippen LogP contribution is 2.30. The van der Waals surface area contributed by atoms with Crippen molar-refractivity contribution in [1.29, 1.82) is 0 Å². The zero-order valence-corrected chi connectivity index (χ0v) is 9.67. The van der Waals surface area contributed by atoms with E-state index in [0.29, 0.717) is 5.92 Å². The minimum Gasteiger partial charge on any atom is -0.391 e. The maximum Gasteiger partial charge on any atom is 0.212 e. The van der Waals surface area contributed by atoms with Crippen LogP contribution in [0.2, 0.25) is 0 Å². The van der Waals surface area contributed by atoms with Crippen molar-refractivity contribution in [2.45, 2.75) is 50.7 Å². The molecule has 2 aliphatic rings. The molecular weight excluding hydrogens is 214 g/mol. The second-order valence-electron chi connectivity index (χ2n) is 4.80. The molecule has 0 radical (unpaired) electrons. The Labute approximate surface area is 91.1 Å². The highest BCUT2D eigenvalue weighted by Gasteiger charge is 2.32. The van der Waals surface area contributed by atoms with Crippen LogP contribution in [-0.2, 0) is 10.0 Å². The number of sulfonamides is 1. The summed E-state index contributed by atoms with van der Waals surface area (Å²) in [4.78, 5) is 0. The summed E-state index contributed by atoms with van der Waals surface area (Å²) in [6.45, 7) is 0. The van der Waals surface area contributed by atoms with Gasteiger partial charge in [-0.1, -0.05) is 12.8 Å². The van der Waals surface area contributed by atoms with Crippen LogP contribution in [0.15, 0.2) is 0 Å². The van der Waals surface area contributed by atoms with Crippen LogP contribution in [0.3, 0.4) is 0 Å². The quantitative estimate of drug-likeness (QED) is 0.748. The third-order valence-electron chi connectivity index (χ3n) is 3.21. The molecule has 0 heterocycles. The fraction of sp³-hybridized carbons (Fsp3) is 1.00. The van der Waals surface area contributed by atoms with Crippen molar-refractivity contribution < 1.29 is 13.5 Å². The molecule has 0 amide bonds. The van der Waals surface area contributed by atoms with E-state index < -0.39 is 16.1 Å². The molecule has 2 aliphatic carbocycles.